The van der Waals surface area contributed by atoms with Crippen molar-refractivity contribution < 1.29 is 4.21 Å². The van der Waals surface area contributed by atoms with Crippen LogP contribution in [0.2, 0.25) is 0 Å². The SMILES string of the molecule is CC[C@H](c1ccccc1)[S@@](=O)Cc1nnc(C)n1C. The Kier molecular flexibility index (Phi) is 4.47. The van der Waals surface area contributed by atoms with E-state index in [2.05, 4.69) is 17.1 Å². The lowest BCUT2D eigenvalue weighted by Gasteiger charge is -2.14. The maximum atomic E-state index is 12.5. The second-order valence-corrected chi connectivity index (χ2v) is 6.17. The van der Waals surface area contributed by atoms with Crippen molar-refractivity contribution in [2.45, 2.75) is 31.3 Å². The van der Waals surface area contributed by atoms with Crippen molar-refractivity contribution in [3.05, 3.63) is 47.5 Å². The minimum Gasteiger partial charge on any atom is -0.318 e. The highest BCUT2D eigenvalue weighted by Crippen LogP contribution is 2.25. The number of benzene rings is 1. The predicted molar refractivity (Wildman–Crippen MR) is 77.1 cm³/mol. The van der Waals surface area contributed by atoms with E-state index in [9.17, 15) is 4.21 Å². The summed E-state index contributed by atoms with van der Waals surface area (Å²) in [5.74, 6) is 2.08. The lowest BCUT2D eigenvalue weighted by Crippen LogP contribution is -2.11. The molecular weight excluding hydrogens is 258 g/mol. The van der Waals surface area contributed by atoms with Crippen molar-refractivity contribution in [2.75, 3.05) is 0 Å². The molecule has 0 aliphatic heterocycles. The van der Waals surface area contributed by atoms with Crippen molar-refractivity contribution in [1.29, 1.82) is 0 Å². The normalized spacial score (nSPS) is 14.3. The summed E-state index contributed by atoms with van der Waals surface area (Å²) < 4.78 is 14.4. The summed E-state index contributed by atoms with van der Waals surface area (Å²) in [6.07, 6.45) is 0.855. The second kappa shape index (κ2) is 6.10. The van der Waals surface area contributed by atoms with Gasteiger partial charge in [0.25, 0.3) is 0 Å². The number of rotatable bonds is 5. The number of hydrogen-bond acceptors (Lipinski definition) is 3. The lowest BCUT2D eigenvalue weighted by molar-refractivity contribution is 0.664. The summed E-state index contributed by atoms with van der Waals surface area (Å²) >= 11 is 0. The van der Waals surface area contributed by atoms with Crippen LogP contribution in [0.1, 0.15) is 35.8 Å². The highest BCUT2D eigenvalue weighted by Gasteiger charge is 2.19. The molecule has 0 unspecified atom stereocenters. The molecule has 2 rings (SSSR count). The van der Waals surface area contributed by atoms with E-state index in [0.29, 0.717) is 5.75 Å². The first kappa shape index (κ1) is 13.9. The minimum atomic E-state index is -0.980. The number of aromatic nitrogens is 3. The Hall–Kier alpha value is -1.49. The lowest BCUT2D eigenvalue weighted by atomic mass is 10.1. The second-order valence-electron chi connectivity index (χ2n) is 4.56. The van der Waals surface area contributed by atoms with Crippen molar-refractivity contribution >= 4 is 10.8 Å². The molecule has 1 heterocycles. The number of hydrogen-bond donors (Lipinski definition) is 0. The molecule has 1 aromatic heterocycles. The zero-order valence-electron chi connectivity index (χ0n) is 11.5. The smallest absolute Gasteiger partial charge is 0.145 e. The molecule has 102 valence electrons. The Balaban J connectivity index is 2.16. The van der Waals surface area contributed by atoms with Crippen molar-refractivity contribution in [1.82, 2.24) is 14.8 Å². The van der Waals surface area contributed by atoms with Crippen molar-refractivity contribution in [2.24, 2.45) is 7.05 Å². The van der Waals surface area contributed by atoms with Crippen LogP contribution in [-0.2, 0) is 23.6 Å². The maximum absolute atomic E-state index is 12.5. The van der Waals surface area contributed by atoms with Gasteiger partial charge in [-0.2, -0.15) is 0 Å². The van der Waals surface area contributed by atoms with E-state index in [1.807, 2.05) is 48.9 Å². The van der Waals surface area contributed by atoms with Gasteiger partial charge in [-0.25, -0.2) is 0 Å². The average Bonchev–Trinajstić information content (AvgIpc) is 2.73. The summed E-state index contributed by atoms with van der Waals surface area (Å²) in [5, 5.41) is 8.15. The largest absolute Gasteiger partial charge is 0.318 e. The molecular formula is C14H19N3OS. The summed E-state index contributed by atoms with van der Waals surface area (Å²) in [5.41, 5.74) is 1.13. The Morgan fingerprint density at radius 2 is 1.95 bits per heavy atom. The molecule has 1 aromatic carbocycles. The van der Waals surface area contributed by atoms with Gasteiger partial charge in [-0.3, -0.25) is 4.21 Å². The van der Waals surface area contributed by atoms with E-state index in [1.165, 1.54) is 0 Å². The van der Waals surface area contributed by atoms with Crippen LogP contribution in [-0.4, -0.2) is 19.0 Å². The summed E-state index contributed by atoms with van der Waals surface area (Å²) in [4.78, 5) is 0. The van der Waals surface area contributed by atoms with Gasteiger partial charge in [0.05, 0.1) is 11.0 Å². The van der Waals surface area contributed by atoms with Gasteiger partial charge >= 0.3 is 0 Å². The quantitative estimate of drug-likeness (QED) is 0.843. The monoisotopic (exact) mass is 277 g/mol. The third-order valence-electron chi connectivity index (χ3n) is 3.31. The Bertz CT molecular complexity index is 565. The van der Waals surface area contributed by atoms with Gasteiger partial charge in [0.15, 0.2) is 0 Å². The van der Waals surface area contributed by atoms with E-state index < -0.39 is 10.8 Å². The molecule has 0 saturated carbocycles. The standard InChI is InChI=1S/C14H19N3OS/c1-4-13(12-8-6-5-7-9-12)19(18)10-14-16-15-11(2)17(14)3/h5-9,13H,4,10H2,1-3H3/t13-,19+/m1/s1. The van der Waals surface area contributed by atoms with Gasteiger partial charge in [-0.15, -0.1) is 10.2 Å². The summed E-state index contributed by atoms with van der Waals surface area (Å²) in [7, 11) is 0.928. The zero-order chi connectivity index (χ0) is 13.8. The first-order valence-electron chi connectivity index (χ1n) is 6.40. The topological polar surface area (TPSA) is 47.8 Å². The fourth-order valence-corrected chi connectivity index (χ4v) is 3.59. The first-order valence-corrected chi connectivity index (χ1v) is 7.78. The fraction of sp³-hybridized carbons (Fsp3) is 0.429. The van der Waals surface area contributed by atoms with Crippen LogP contribution < -0.4 is 0 Å². The Morgan fingerprint density at radius 1 is 1.26 bits per heavy atom. The van der Waals surface area contributed by atoms with Gasteiger partial charge in [0, 0.05) is 17.8 Å². The van der Waals surface area contributed by atoms with E-state index in [4.69, 9.17) is 0 Å². The highest BCUT2D eigenvalue weighted by molar-refractivity contribution is 7.84. The van der Waals surface area contributed by atoms with Gasteiger partial charge in [0.2, 0.25) is 0 Å². The molecule has 0 aliphatic rings. The predicted octanol–water partition coefficient (Wildman–Crippen LogP) is 2.52. The molecule has 2 aromatic rings. The van der Waals surface area contributed by atoms with Crippen LogP contribution in [0.15, 0.2) is 30.3 Å². The van der Waals surface area contributed by atoms with Crippen LogP contribution in [0.3, 0.4) is 0 Å². The van der Waals surface area contributed by atoms with E-state index in [-0.39, 0.29) is 5.25 Å². The van der Waals surface area contributed by atoms with Gasteiger partial charge in [0.1, 0.15) is 11.6 Å². The average molecular weight is 277 g/mol. The van der Waals surface area contributed by atoms with Gasteiger partial charge in [-0.1, -0.05) is 37.3 Å². The molecule has 0 aliphatic carbocycles. The molecule has 2 atom stereocenters. The van der Waals surface area contributed by atoms with E-state index in [0.717, 1.165) is 23.6 Å². The van der Waals surface area contributed by atoms with Crippen LogP contribution in [0, 0.1) is 6.92 Å². The van der Waals surface area contributed by atoms with Crippen molar-refractivity contribution in [3.8, 4) is 0 Å². The summed E-state index contributed by atoms with van der Waals surface area (Å²) in [6, 6.07) is 10.0. The van der Waals surface area contributed by atoms with Crippen LogP contribution in [0.5, 0.6) is 0 Å². The summed E-state index contributed by atoms with van der Waals surface area (Å²) in [6.45, 7) is 3.96. The molecule has 0 fully saturated rings. The molecule has 5 heteroatoms. The first-order chi connectivity index (χ1) is 9.13. The molecule has 0 saturated heterocycles. The Labute approximate surface area is 116 Å². The van der Waals surface area contributed by atoms with Gasteiger partial charge < -0.3 is 4.57 Å². The maximum Gasteiger partial charge on any atom is 0.145 e. The third-order valence-corrected chi connectivity index (χ3v) is 5.10. The molecule has 0 amide bonds. The highest BCUT2D eigenvalue weighted by atomic mass is 32.2. The van der Waals surface area contributed by atoms with E-state index in [1.54, 1.807) is 0 Å². The Morgan fingerprint density at radius 3 is 2.47 bits per heavy atom. The van der Waals surface area contributed by atoms with Gasteiger partial charge in [-0.05, 0) is 18.9 Å². The number of aryl methyl sites for hydroxylation is 1. The molecule has 19 heavy (non-hydrogen) atoms. The van der Waals surface area contributed by atoms with Crippen LogP contribution in [0.4, 0.5) is 0 Å². The van der Waals surface area contributed by atoms with E-state index >= 15 is 0 Å². The zero-order valence-corrected chi connectivity index (χ0v) is 12.4. The van der Waals surface area contributed by atoms with Crippen molar-refractivity contribution in [3.63, 3.8) is 0 Å². The number of nitrogens with zero attached hydrogens (tertiary/aromatic N) is 3. The third kappa shape index (κ3) is 3.10. The molecule has 4 nitrogen and oxygen atoms in total. The fourth-order valence-electron chi connectivity index (χ4n) is 2.05. The molecule has 0 radical (unpaired) electrons. The molecule has 0 spiro atoms. The molecule has 0 bridgehead atoms. The van der Waals surface area contributed by atoms with Crippen LogP contribution >= 0.6 is 0 Å². The van der Waals surface area contributed by atoms with Crippen LogP contribution in [0.25, 0.3) is 0 Å². The minimum absolute atomic E-state index is 0.0539. The molecule has 0 N–H and O–H groups in total.